The molecule has 4 aromatic rings. The molecular weight excluding hydrogens is 432 g/mol. The number of hydrogen-bond donors (Lipinski definition) is 0. The number of hydrazone groups is 1. The molecule has 4 nitrogen and oxygen atoms in total. The van der Waals surface area contributed by atoms with Crippen molar-refractivity contribution in [1.29, 1.82) is 0 Å². The van der Waals surface area contributed by atoms with E-state index in [-0.39, 0.29) is 5.97 Å². The van der Waals surface area contributed by atoms with Crippen molar-refractivity contribution < 1.29 is 9.53 Å². The van der Waals surface area contributed by atoms with Crippen LogP contribution in [0.3, 0.4) is 0 Å². The molecule has 5 rings (SSSR count). The molecule has 0 unspecified atom stereocenters. The minimum Gasteiger partial charge on any atom is -0.462 e. The Balaban J connectivity index is 1.56. The Bertz CT molecular complexity index is 1310. The lowest BCUT2D eigenvalue weighted by molar-refractivity contribution is 0.0498. The maximum atomic E-state index is 12.7. The first-order valence-electron chi connectivity index (χ1n) is 12.2. The summed E-state index contributed by atoms with van der Waals surface area (Å²) in [6, 6.07) is 34.3. The van der Waals surface area contributed by atoms with Crippen molar-refractivity contribution in [3.63, 3.8) is 0 Å². The molecule has 1 aliphatic rings. The van der Waals surface area contributed by atoms with Crippen LogP contribution in [0.5, 0.6) is 0 Å². The maximum Gasteiger partial charge on any atom is 0.338 e. The van der Waals surface area contributed by atoms with Gasteiger partial charge in [0.25, 0.3) is 0 Å². The first-order chi connectivity index (χ1) is 17.3. The zero-order valence-electron chi connectivity index (χ0n) is 19.9. The van der Waals surface area contributed by atoms with Crippen LogP contribution in [0.15, 0.2) is 108 Å². The van der Waals surface area contributed by atoms with Gasteiger partial charge >= 0.3 is 5.97 Å². The number of esters is 1. The Morgan fingerprint density at radius 2 is 1.31 bits per heavy atom. The van der Waals surface area contributed by atoms with Gasteiger partial charge in [0.1, 0.15) is 0 Å². The highest BCUT2D eigenvalue weighted by Crippen LogP contribution is 2.39. The van der Waals surface area contributed by atoms with Gasteiger partial charge in [0.05, 0.1) is 29.3 Å². The Morgan fingerprint density at radius 1 is 0.714 bits per heavy atom. The third kappa shape index (κ3) is 4.73. The van der Waals surface area contributed by atoms with Gasteiger partial charge in [-0.3, -0.25) is 0 Å². The zero-order chi connectivity index (χ0) is 24.0. The van der Waals surface area contributed by atoms with E-state index in [1.165, 1.54) is 0 Å². The van der Waals surface area contributed by atoms with Gasteiger partial charge in [0.15, 0.2) is 0 Å². The molecule has 0 spiro atoms. The molecule has 174 valence electrons. The van der Waals surface area contributed by atoms with Crippen LogP contribution in [-0.2, 0) is 4.74 Å². The van der Waals surface area contributed by atoms with E-state index >= 15 is 0 Å². The van der Waals surface area contributed by atoms with E-state index in [9.17, 15) is 4.79 Å². The second kappa shape index (κ2) is 10.4. The molecule has 0 aromatic heterocycles. The van der Waals surface area contributed by atoms with Crippen molar-refractivity contribution in [2.45, 2.75) is 26.2 Å². The number of anilines is 2. The highest BCUT2D eigenvalue weighted by atomic mass is 16.5. The van der Waals surface area contributed by atoms with Crippen LogP contribution < -0.4 is 5.01 Å². The molecule has 4 heteroatoms. The molecule has 0 N–H and O–H groups in total. The topological polar surface area (TPSA) is 41.9 Å². The normalized spacial score (nSPS) is 12.8. The van der Waals surface area contributed by atoms with Crippen LogP contribution in [0.25, 0.3) is 11.1 Å². The van der Waals surface area contributed by atoms with Gasteiger partial charge in [-0.1, -0.05) is 86.5 Å². The molecule has 0 bridgehead atoms. The molecule has 35 heavy (non-hydrogen) atoms. The Labute approximate surface area is 206 Å². The maximum absolute atomic E-state index is 12.7. The van der Waals surface area contributed by atoms with Crippen LogP contribution in [0.4, 0.5) is 11.4 Å². The number of rotatable bonds is 8. The van der Waals surface area contributed by atoms with Crippen molar-refractivity contribution in [3.05, 3.63) is 120 Å². The lowest BCUT2D eigenvalue weighted by Crippen LogP contribution is -2.14. The molecule has 0 aliphatic heterocycles. The Hall–Kier alpha value is -4.18. The smallest absolute Gasteiger partial charge is 0.338 e. The average molecular weight is 461 g/mol. The van der Waals surface area contributed by atoms with Gasteiger partial charge in [-0.15, -0.1) is 0 Å². The molecule has 0 amide bonds. The van der Waals surface area contributed by atoms with Crippen LogP contribution in [0.1, 0.15) is 47.7 Å². The number of para-hydroxylation sites is 2. The highest BCUT2D eigenvalue weighted by Gasteiger charge is 2.27. The van der Waals surface area contributed by atoms with Crippen molar-refractivity contribution in [2.24, 2.45) is 5.10 Å². The highest BCUT2D eigenvalue weighted by molar-refractivity contribution is 6.25. The zero-order valence-corrected chi connectivity index (χ0v) is 19.9. The first kappa shape index (κ1) is 22.6. The molecule has 4 aromatic carbocycles. The van der Waals surface area contributed by atoms with Crippen molar-refractivity contribution in [2.75, 3.05) is 11.6 Å². The molecule has 0 fully saturated rings. The monoisotopic (exact) mass is 460 g/mol. The van der Waals surface area contributed by atoms with Crippen molar-refractivity contribution >= 4 is 23.1 Å². The minimum atomic E-state index is -0.276. The van der Waals surface area contributed by atoms with E-state index < -0.39 is 0 Å². The molecular formula is C31H28N2O2. The standard InChI is InChI=1S/C31H28N2O2/c1-2-3-12-21-35-31(34)23-19-20-28-29(22-23)26-17-10-11-18-27(26)30(28)32-33(24-13-6-4-7-14-24)25-15-8-5-9-16-25/h4-11,13-20,22H,2-3,12,21H2,1H3/b32-30-. The summed E-state index contributed by atoms with van der Waals surface area (Å²) in [7, 11) is 0. The lowest BCUT2D eigenvalue weighted by Gasteiger charge is -2.21. The van der Waals surface area contributed by atoms with E-state index in [0.29, 0.717) is 12.2 Å². The number of unbranched alkanes of at least 4 members (excludes halogenated alkanes) is 2. The minimum absolute atomic E-state index is 0.276. The first-order valence-corrected chi connectivity index (χ1v) is 12.2. The predicted octanol–water partition coefficient (Wildman–Crippen LogP) is 7.60. The quantitative estimate of drug-likeness (QED) is 0.136. The fourth-order valence-corrected chi connectivity index (χ4v) is 4.38. The molecule has 0 saturated heterocycles. The summed E-state index contributed by atoms with van der Waals surface area (Å²) >= 11 is 0. The lowest BCUT2D eigenvalue weighted by atomic mass is 10.0. The van der Waals surface area contributed by atoms with E-state index in [4.69, 9.17) is 9.84 Å². The van der Waals surface area contributed by atoms with Crippen LogP contribution >= 0.6 is 0 Å². The van der Waals surface area contributed by atoms with Crippen LogP contribution in [-0.4, -0.2) is 18.3 Å². The predicted molar refractivity (Wildman–Crippen MR) is 142 cm³/mol. The van der Waals surface area contributed by atoms with E-state index in [1.807, 2.05) is 71.7 Å². The number of ether oxygens (including phenoxy) is 1. The largest absolute Gasteiger partial charge is 0.462 e. The Kier molecular flexibility index (Phi) is 6.71. The van der Waals surface area contributed by atoms with Crippen molar-refractivity contribution in [3.8, 4) is 11.1 Å². The van der Waals surface area contributed by atoms with Crippen LogP contribution in [0, 0.1) is 0 Å². The summed E-state index contributed by atoms with van der Waals surface area (Å²) in [5.41, 5.74) is 7.53. The molecule has 0 saturated carbocycles. The summed E-state index contributed by atoms with van der Waals surface area (Å²) in [6.45, 7) is 2.59. The SMILES string of the molecule is CCCCCOC(=O)c1ccc2c(c1)-c1ccccc1/C2=N/N(c1ccccc1)c1ccccc1. The third-order valence-corrected chi connectivity index (χ3v) is 6.17. The summed E-state index contributed by atoms with van der Waals surface area (Å²) in [5, 5.41) is 7.15. The summed E-state index contributed by atoms with van der Waals surface area (Å²) in [4.78, 5) is 12.7. The van der Waals surface area contributed by atoms with Gasteiger partial charge in [-0.25, -0.2) is 9.80 Å². The molecule has 0 radical (unpaired) electrons. The summed E-state index contributed by atoms with van der Waals surface area (Å²) < 4.78 is 5.51. The number of hydrogen-bond acceptors (Lipinski definition) is 4. The third-order valence-electron chi connectivity index (χ3n) is 6.17. The number of carbonyl (C=O) groups excluding carboxylic acids is 1. The van der Waals surface area contributed by atoms with Gasteiger partial charge in [-0.05, 0) is 53.9 Å². The molecule has 0 heterocycles. The van der Waals surface area contributed by atoms with Gasteiger partial charge < -0.3 is 4.74 Å². The number of carbonyl (C=O) groups is 1. The van der Waals surface area contributed by atoms with Crippen LogP contribution in [0.2, 0.25) is 0 Å². The van der Waals surface area contributed by atoms with E-state index in [2.05, 4.69) is 43.3 Å². The second-order valence-electron chi connectivity index (χ2n) is 8.58. The average Bonchev–Trinajstić information content (AvgIpc) is 3.23. The van der Waals surface area contributed by atoms with Gasteiger partial charge in [0, 0.05) is 11.1 Å². The fraction of sp³-hybridized carbons (Fsp3) is 0.161. The number of nitrogens with zero attached hydrogens (tertiary/aromatic N) is 2. The molecule has 1 aliphatic carbocycles. The van der Waals surface area contributed by atoms with E-state index in [0.717, 1.165) is 58.6 Å². The molecule has 0 atom stereocenters. The summed E-state index contributed by atoms with van der Waals surface area (Å²) in [5.74, 6) is -0.276. The van der Waals surface area contributed by atoms with E-state index in [1.54, 1.807) is 0 Å². The summed E-state index contributed by atoms with van der Waals surface area (Å²) in [6.07, 6.45) is 3.05. The number of benzene rings is 4. The van der Waals surface area contributed by atoms with Crippen molar-refractivity contribution in [1.82, 2.24) is 0 Å². The van der Waals surface area contributed by atoms with Gasteiger partial charge in [0.2, 0.25) is 0 Å². The second-order valence-corrected chi connectivity index (χ2v) is 8.58. The number of fused-ring (bicyclic) bond motifs is 3. The van der Waals surface area contributed by atoms with Gasteiger partial charge in [-0.2, -0.15) is 5.10 Å². The Morgan fingerprint density at radius 3 is 1.97 bits per heavy atom. The fourth-order valence-electron chi connectivity index (χ4n) is 4.38.